The zero-order valence-corrected chi connectivity index (χ0v) is 17.4. The Bertz CT molecular complexity index is 939. The maximum Gasteiger partial charge on any atom is 1.00 e. The van der Waals surface area contributed by atoms with Crippen LogP contribution in [0.25, 0.3) is 11.5 Å². The summed E-state index contributed by atoms with van der Waals surface area (Å²) in [6, 6.07) is 5.35. The van der Waals surface area contributed by atoms with E-state index < -0.39 is 5.88 Å². The molecule has 0 amide bonds. The molecule has 0 spiro atoms. The molecule has 2 aliphatic carbocycles. The third-order valence-corrected chi connectivity index (χ3v) is 4.79. The minimum atomic E-state index is -0.436. The van der Waals surface area contributed by atoms with Crippen molar-refractivity contribution in [1.29, 1.82) is 0 Å². The molecular formula is C19H17N4NaO4. The second-order valence-corrected chi connectivity index (χ2v) is 6.92. The molecule has 3 heterocycles. The molecule has 28 heavy (non-hydrogen) atoms. The average molecular weight is 388 g/mol. The monoisotopic (exact) mass is 388 g/mol. The molecule has 0 aliphatic heterocycles. The largest absolute Gasteiger partial charge is 1.00 e. The SMILES string of the molecule is [Na+].[O-]c1cc(-c2cnc(OC3CC(c4ccnc(OC5CC5)c4)C3)cn2)on1. The smallest absolute Gasteiger partial charge is 0.856 e. The van der Waals surface area contributed by atoms with Gasteiger partial charge in [0.05, 0.1) is 12.4 Å². The molecular weight excluding hydrogens is 371 g/mol. The van der Waals surface area contributed by atoms with Gasteiger partial charge in [-0.2, -0.15) is 0 Å². The van der Waals surface area contributed by atoms with Gasteiger partial charge in [0.1, 0.15) is 17.9 Å². The summed E-state index contributed by atoms with van der Waals surface area (Å²) >= 11 is 0. The standard InChI is InChI=1S/C19H18N4O4.Na/c24-17-8-16(27-23-17)15-9-22-19(10-21-15)26-14-5-12(6-14)11-3-4-20-18(7-11)25-13-1-2-13;/h3-4,7-10,12-14H,1-2,5-6H2,(H,23,24);/q;+1/p-1. The third-order valence-electron chi connectivity index (χ3n) is 4.79. The van der Waals surface area contributed by atoms with Crippen LogP contribution in [0.4, 0.5) is 0 Å². The van der Waals surface area contributed by atoms with Crippen molar-refractivity contribution in [3.8, 4) is 29.1 Å². The molecule has 2 fully saturated rings. The summed E-state index contributed by atoms with van der Waals surface area (Å²) in [4.78, 5) is 12.7. The Balaban J connectivity index is 0.00000192. The van der Waals surface area contributed by atoms with Gasteiger partial charge in [0.2, 0.25) is 11.8 Å². The molecule has 9 heteroatoms. The van der Waals surface area contributed by atoms with E-state index in [0.717, 1.165) is 31.6 Å². The van der Waals surface area contributed by atoms with Gasteiger partial charge in [0.15, 0.2) is 5.76 Å². The average Bonchev–Trinajstić information content (AvgIpc) is 3.36. The second-order valence-electron chi connectivity index (χ2n) is 6.92. The van der Waals surface area contributed by atoms with Gasteiger partial charge in [-0.25, -0.2) is 15.0 Å². The fourth-order valence-electron chi connectivity index (χ4n) is 3.09. The molecule has 5 rings (SSSR count). The summed E-state index contributed by atoms with van der Waals surface area (Å²) < 4.78 is 16.5. The molecule has 0 atom stereocenters. The second kappa shape index (κ2) is 8.06. The molecule has 0 N–H and O–H groups in total. The van der Waals surface area contributed by atoms with E-state index >= 15 is 0 Å². The van der Waals surface area contributed by atoms with Crippen LogP contribution in [0, 0.1) is 0 Å². The quantitative estimate of drug-likeness (QED) is 0.519. The van der Waals surface area contributed by atoms with E-state index in [9.17, 15) is 5.11 Å². The van der Waals surface area contributed by atoms with Crippen LogP contribution in [0.15, 0.2) is 41.3 Å². The number of hydrogen-bond donors (Lipinski definition) is 0. The Morgan fingerprint density at radius 3 is 2.46 bits per heavy atom. The fraction of sp³-hybridized carbons (Fsp3) is 0.368. The summed E-state index contributed by atoms with van der Waals surface area (Å²) in [6.45, 7) is 0. The molecule has 0 radical (unpaired) electrons. The third kappa shape index (κ3) is 4.29. The molecule has 0 unspecified atom stereocenters. The predicted molar refractivity (Wildman–Crippen MR) is 91.3 cm³/mol. The maximum absolute atomic E-state index is 11.1. The minimum Gasteiger partial charge on any atom is -0.856 e. The summed E-state index contributed by atoms with van der Waals surface area (Å²) in [6.07, 6.45) is 9.38. The molecule has 2 saturated carbocycles. The molecule has 0 aromatic carbocycles. The van der Waals surface area contributed by atoms with E-state index in [0.29, 0.717) is 29.4 Å². The van der Waals surface area contributed by atoms with Gasteiger partial charge in [-0.1, -0.05) is 5.16 Å². The molecule has 3 aromatic rings. The normalized spacial score (nSPS) is 20.7. The zero-order chi connectivity index (χ0) is 18.2. The van der Waals surface area contributed by atoms with Crippen molar-refractivity contribution in [2.24, 2.45) is 0 Å². The number of aromatic nitrogens is 4. The van der Waals surface area contributed by atoms with E-state index in [4.69, 9.17) is 14.0 Å². The Morgan fingerprint density at radius 2 is 1.79 bits per heavy atom. The van der Waals surface area contributed by atoms with E-state index in [2.05, 4.69) is 20.1 Å². The fourth-order valence-corrected chi connectivity index (χ4v) is 3.09. The van der Waals surface area contributed by atoms with Gasteiger partial charge in [-0.15, -0.1) is 0 Å². The summed E-state index contributed by atoms with van der Waals surface area (Å²) in [7, 11) is 0. The van der Waals surface area contributed by atoms with Crippen molar-refractivity contribution in [3.05, 3.63) is 42.4 Å². The Kier molecular flexibility index (Phi) is 5.52. The first-order valence-electron chi connectivity index (χ1n) is 8.98. The summed E-state index contributed by atoms with van der Waals surface area (Å²) in [5, 5.41) is 14.4. The number of rotatable bonds is 6. The van der Waals surface area contributed by atoms with Crippen LogP contribution >= 0.6 is 0 Å². The van der Waals surface area contributed by atoms with Crippen molar-refractivity contribution >= 4 is 0 Å². The van der Waals surface area contributed by atoms with Crippen molar-refractivity contribution < 1.29 is 48.7 Å². The molecule has 138 valence electrons. The van der Waals surface area contributed by atoms with E-state index in [1.807, 2.05) is 18.3 Å². The van der Waals surface area contributed by atoms with Crippen LogP contribution in [-0.2, 0) is 0 Å². The van der Waals surface area contributed by atoms with Crippen LogP contribution in [-0.4, -0.2) is 32.3 Å². The number of pyridine rings is 1. The molecule has 0 bridgehead atoms. The van der Waals surface area contributed by atoms with E-state index in [-0.39, 0.29) is 35.7 Å². The maximum atomic E-state index is 11.1. The topological polar surface area (TPSA) is 106 Å². The number of hydrogen-bond acceptors (Lipinski definition) is 8. The number of ether oxygens (including phenoxy) is 2. The van der Waals surface area contributed by atoms with Gasteiger partial charge in [0.25, 0.3) is 0 Å². The van der Waals surface area contributed by atoms with Gasteiger partial charge in [-0.05, 0) is 43.2 Å². The number of nitrogens with zero attached hydrogens (tertiary/aromatic N) is 4. The summed E-state index contributed by atoms with van der Waals surface area (Å²) in [5.41, 5.74) is 1.68. The predicted octanol–water partition coefficient (Wildman–Crippen LogP) is -0.530. The van der Waals surface area contributed by atoms with Gasteiger partial charge >= 0.3 is 29.6 Å². The van der Waals surface area contributed by atoms with E-state index in [1.165, 1.54) is 24.0 Å². The van der Waals surface area contributed by atoms with Gasteiger partial charge in [-0.3, -0.25) is 0 Å². The Morgan fingerprint density at radius 1 is 0.964 bits per heavy atom. The van der Waals surface area contributed by atoms with Crippen molar-refractivity contribution in [3.63, 3.8) is 0 Å². The van der Waals surface area contributed by atoms with Gasteiger partial charge in [0, 0.05) is 24.2 Å². The van der Waals surface area contributed by atoms with Crippen LogP contribution in [0.1, 0.15) is 37.2 Å². The first-order chi connectivity index (χ1) is 13.2. The molecule has 2 aliphatic rings. The Labute approximate surface area is 183 Å². The van der Waals surface area contributed by atoms with Crippen molar-refractivity contribution in [1.82, 2.24) is 20.1 Å². The first kappa shape index (κ1) is 19.2. The molecule has 8 nitrogen and oxygen atoms in total. The van der Waals surface area contributed by atoms with Crippen LogP contribution in [0.2, 0.25) is 0 Å². The Hall–Kier alpha value is -2.16. The van der Waals surface area contributed by atoms with Crippen molar-refractivity contribution in [2.75, 3.05) is 0 Å². The van der Waals surface area contributed by atoms with Crippen LogP contribution in [0.3, 0.4) is 0 Å². The van der Waals surface area contributed by atoms with E-state index in [1.54, 1.807) is 0 Å². The van der Waals surface area contributed by atoms with Crippen molar-refractivity contribution in [2.45, 2.75) is 43.8 Å². The summed E-state index contributed by atoms with van der Waals surface area (Å²) in [5.74, 6) is 1.47. The minimum absolute atomic E-state index is 0. The van der Waals surface area contributed by atoms with Gasteiger partial charge < -0.3 is 19.1 Å². The zero-order valence-electron chi connectivity index (χ0n) is 15.4. The first-order valence-corrected chi connectivity index (χ1v) is 8.98. The van der Waals surface area contributed by atoms with Crippen LogP contribution in [0.5, 0.6) is 17.6 Å². The molecule has 0 saturated heterocycles. The van der Waals surface area contributed by atoms with Crippen LogP contribution < -0.4 is 44.1 Å². The molecule has 3 aromatic heterocycles.